The maximum absolute atomic E-state index is 13.4. The molecule has 1 aromatic rings. The lowest BCUT2D eigenvalue weighted by Crippen LogP contribution is -2.24. The number of amides is 1. The first-order valence-electron chi connectivity index (χ1n) is 5.28. The quantitative estimate of drug-likeness (QED) is 0.756. The maximum atomic E-state index is 13.4. The SMILES string of the molecule is C[C@H]1CC(=O)N(Cc2ccc(F)cc2F)C1. The highest BCUT2D eigenvalue weighted by atomic mass is 19.1. The third kappa shape index (κ3) is 2.21. The molecule has 0 bridgehead atoms. The summed E-state index contributed by atoms with van der Waals surface area (Å²) < 4.78 is 26.0. The average molecular weight is 225 g/mol. The molecule has 0 unspecified atom stereocenters. The predicted octanol–water partition coefficient (Wildman–Crippen LogP) is 2.33. The molecule has 0 spiro atoms. The van der Waals surface area contributed by atoms with E-state index in [0.29, 0.717) is 24.4 Å². The summed E-state index contributed by atoms with van der Waals surface area (Å²) in [7, 11) is 0. The lowest BCUT2D eigenvalue weighted by atomic mass is 10.2. The molecule has 0 saturated carbocycles. The van der Waals surface area contributed by atoms with Crippen molar-refractivity contribution in [2.75, 3.05) is 6.54 Å². The van der Waals surface area contributed by atoms with E-state index < -0.39 is 11.6 Å². The van der Waals surface area contributed by atoms with Crippen LogP contribution >= 0.6 is 0 Å². The van der Waals surface area contributed by atoms with Crippen LogP contribution in [-0.4, -0.2) is 17.4 Å². The largest absolute Gasteiger partial charge is 0.338 e. The lowest BCUT2D eigenvalue weighted by molar-refractivity contribution is -0.128. The number of benzene rings is 1. The minimum atomic E-state index is -0.595. The number of carbonyl (C=O) groups excluding carboxylic acids is 1. The Morgan fingerprint density at radius 1 is 1.44 bits per heavy atom. The fraction of sp³-hybridized carbons (Fsp3) is 0.417. The van der Waals surface area contributed by atoms with E-state index in [1.165, 1.54) is 12.1 Å². The lowest BCUT2D eigenvalue weighted by Gasteiger charge is -2.16. The van der Waals surface area contributed by atoms with Crippen LogP contribution in [0.15, 0.2) is 18.2 Å². The summed E-state index contributed by atoms with van der Waals surface area (Å²) in [6, 6.07) is 3.45. The molecular formula is C12H13F2NO. The molecule has 1 amide bonds. The molecule has 16 heavy (non-hydrogen) atoms. The fourth-order valence-electron chi connectivity index (χ4n) is 1.98. The first-order valence-corrected chi connectivity index (χ1v) is 5.28. The zero-order chi connectivity index (χ0) is 11.7. The van der Waals surface area contributed by atoms with Gasteiger partial charge in [0.05, 0.1) is 0 Å². The average Bonchev–Trinajstić information content (AvgIpc) is 2.50. The predicted molar refractivity (Wildman–Crippen MR) is 55.6 cm³/mol. The molecule has 86 valence electrons. The molecule has 2 rings (SSSR count). The highest BCUT2D eigenvalue weighted by molar-refractivity contribution is 5.78. The monoisotopic (exact) mass is 225 g/mol. The molecule has 4 heteroatoms. The van der Waals surface area contributed by atoms with Gasteiger partial charge in [-0.1, -0.05) is 13.0 Å². The number of halogens is 2. The number of nitrogens with zero attached hydrogens (tertiary/aromatic N) is 1. The van der Waals surface area contributed by atoms with Crippen molar-refractivity contribution >= 4 is 5.91 Å². The normalized spacial score (nSPS) is 20.6. The van der Waals surface area contributed by atoms with Crippen LogP contribution in [-0.2, 0) is 11.3 Å². The van der Waals surface area contributed by atoms with Gasteiger partial charge in [0.2, 0.25) is 5.91 Å². The van der Waals surface area contributed by atoms with E-state index >= 15 is 0 Å². The molecule has 1 fully saturated rings. The third-order valence-electron chi connectivity index (χ3n) is 2.78. The minimum Gasteiger partial charge on any atom is -0.338 e. The van der Waals surface area contributed by atoms with Crippen molar-refractivity contribution in [3.05, 3.63) is 35.4 Å². The van der Waals surface area contributed by atoms with Gasteiger partial charge in [0.25, 0.3) is 0 Å². The molecule has 0 N–H and O–H groups in total. The van der Waals surface area contributed by atoms with Gasteiger partial charge in [-0.2, -0.15) is 0 Å². The van der Waals surface area contributed by atoms with Crippen molar-refractivity contribution < 1.29 is 13.6 Å². The first kappa shape index (κ1) is 11.0. The highest BCUT2D eigenvalue weighted by Crippen LogP contribution is 2.20. The van der Waals surface area contributed by atoms with E-state index in [2.05, 4.69) is 0 Å². The summed E-state index contributed by atoms with van der Waals surface area (Å²) in [5.41, 5.74) is 0.365. The Kier molecular flexibility index (Phi) is 2.90. The molecule has 1 saturated heterocycles. The smallest absolute Gasteiger partial charge is 0.223 e. The molecule has 2 nitrogen and oxygen atoms in total. The summed E-state index contributed by atoms with van der Waals surface area (Å²) in [5, 5.41) is 0. The second-order valence-electron chi connectivity index (χ2n) is 4.32. The van der Waals surface area contributed by atoms with E-state index in [0.717, 1.165) is 6.07 Å². The molecule has 1 aromatic carbocycles. The van der Waals surface area contributed by atoms with Gasteiger partial charge in [-0.05, 0) is 12.0 Å². The van der Waals surface area contributed by atoms with Crippen LogP contribution < -0.4 is 0 Å². The van der Waals surface area contributed by atoms with Gasteiger partial charge in [-0.15, -0.1) is 0 Å². The van der Waals surface area contributed by atoms with Crippen LogP contribution in [0.25, 0.3) is 0 Å². The minimum absolute atomic E-state index is 0.0382. The van der Waals surface area contributed by atoms with Crippen molar-refractivity contribution in [2.24, 2.45) is 5.92 Å². The summed E-state index contributed by atoms with van der Waals surface area (Å²) in [6.07, 6.45) is 0.517. The second-order valence-corrected chi connectivity index (χ2v) is 4.32. The van der Waals surface area contributed by atoms with E-state index in [1.807, 2.05) is 6.92 Å². The second kappa shape index (κ2) is 4.20. The molecule has 0 radical (unpaired) electrons. The third-order valence-corrected chi connectivity index (χ3v) is 2.78. The Hall–Kier alpha value is -1.45. The number of hydrogen-bond acceptors (Lipinski definition) is 1. The van der Waals surface area contributed by atoms with Gasteiger partial charge in [0, 0.05) is 31.1 Å². The van der Waals surface area contributed by atoms with Crippen LogP contribution in [0.4, 0.5) is 8.78 Å². The Morgan fingerprint density at radius 2 is 2.19 bits per heavy atom. The molecule has 0 aliphatic carbocycles. The van der Waals surface area contributed by atoms with E-state index in [9.17, 15) is 13.6 Å². The number of likely N-dealkylation sites (tertiary alicyclic amines) is 1. The Labute approximate surface area is 92.9 Å². The van der Waals surface area contributed by atoms with Crippen LogP contribution in [0.5, 0.6) is 0 Å². The van der Waals surface area contributed by atoms with Gasteiger partial charge in [-0.3, -0.25) is 4.79 Å². The van der Waals surface area contributed by atoms with E-state index in [1.54, 1.807) is 4.90 Å². The number of rotatable bonds is 2. The molecular weight excluding hydrogens is 212 g/mol. The summed E-state index contributed by atoms with van der Waals surface area (Å²) in [6.45, 7) is 2.86. The van der Waals surface area contributed by atoms with Crippen LogP contribution in [0.1, 0.15) is 18.9 Å². The molecule has 0 aromatic heterocycles. The Balaban J connectivity index is 2.12. The highest BCUT2D eigenvalue weighted by Gasteiger charge is 2.26. The molecule has 1 aliphatic rings. The van der Waals surface area contributed by atoms with Gasteiger partial charge < -0.3 is 4.90 Å². The van der Waals surface area contributed by atoms with Crippen molar-refractivity contribution in [2.45, 2.75) is 19.9 Å². The standard InChI is InChI=1S/C12H13F2NO/c1-8-4-12(16)15(6-8)7-9-2-3-10(13)5-11(9)14/h2-3,5,8H,4,6-7H2,1H3/t8-/m0/s1. The van der Waals surface area contributed by atoms with E-state index in [-0.39, 0.29) is 12.5 Å². The number of hydrogen-bond donors (Lipinski definition) is 0. The topological polar surface area (TPSA) is 20.3 Å². The zero-order valence-electron chi connectivity index (χ0n) is 9.04. The Bertz CT molecular complexity index is 419. The molecule has 1 aliphatic heterocycles. The van der Waals surface area contributed by atoms with Crippen molar-refractivity contribution in [3.63, 3.8) is 0 Å². The van der Waals surface area contributed by atoms with Crippen molar-refractivity contribution in [1.29, 1.82) is 0 Å². The van der Waals surface area contributed by atoms with Crippen LogP contribution in [0, 0.1) is 17.6 Å². The maximum Gasteiger partial charge on any atom is 0.223 e. The van der Waals surface area contributed by atoms with Crippen LogP contribution in [0.3, 0.4) is 0 Å². The van der Waals surface area contributed by atoms with Gasteiger partial charge >= 0.3 is 0 Å². The van der Waals surface area contributed by atoms with Gasteiger partial charge in [0.15, 0.2) is 0 Å². The molecule has 1 atom stereocenters. The van der Waals surface area contributed by atoms with Crippen LogP contribution in [0.2, 0.25) is 0 Å². The van der Waals surface area contributed by atoms with Crippen molar-refractivity contribution in [1.82, 2.24) is 4.90 Å². The summed E-state index contributed by atoms with van der Waals surface area (Å²) in [4.78, 5) is 13.1. The molecule has 1 heterocycles. The summed E-state index contributed by atoms with van der Waals surface area (Å²) in [5.74, 6) is -0.832. The van der Waals surface area contributed by atoms with E-state index in [4.69, 9.17) is 0 Å². The van der Waals surface area contributed by atoms with Gasteiger partial charge in [-0.25, -0.2) is 8.78 Å². The first-order chi connectivity index (χ1) is 7.56. The van der Waals surface area contributed by atoms with Crippen molar-refractivity contribution in [3.8, 4) is 0 Å². The number of carbonyl (C=O) groups is 1. The summed E-state index contributed by atoms with van der Waals surface area (Å²) >= 11 is 0. The van der Waals surface area contributed by atoms with Gasteiger partial charge in [0.1, 0.15) is 11.6 Å². The Morgan fingerprint density at radius 3 is 2.75 bits per heavy atom. The fourth-order valence-corrected chi connectivity index (χ4v) is 1.98. The zero-order valence-corrected chi connectivity index (χ0v) is 9.04.